The Kier molecular flexibility index (Phi) is 2.45. The van der Waals surface area contributed by atoms with Gasteiger partial charge in [-0.3, -0.25) is 9.69 Å². The third kappa shape index (κ3) is 1.61. The largest absolute Gasteiger partial charge is 0.296 e. The van der Waals surface area contributed by atoms with Crippen molar-refractivity contribution in [3.8, 4) is 6.07 Å². The number of anilines is 1. The minimum absolute atomic E-state index is 0.0859. The van der Waals surface area contributed by atoms with Crippen LogP contribution >= 0.6 is 0 Å². The first kappa shape index (κ1) is 10.7. The molecule has 0 N–H and O–H groups in total. The molecule has 0 saturated carbocycles. The van der Waals surface area contributed by atoms with Crippen molar-refractivity contribution in [3.63, 3.8) is 0 Å². The average molecular weight is 237 g/mol. The van der Waals surface area contributed by atoms with Gasteiger partial charge < -0.3 is 0 Å². The summed E-state index contributed by atoms with van der Waals surface area (Å²) in [6.45, 7) is 0.685. The normalized spacial score (nSPS) is 15.1. The van der Waals surface area contributed by atoms with Crippen molar-refractivity contribution >= 4 is 22.5 Å². The fraction of sp³-hybridized carbons (Fsp3) is 0.214. The topological polar surface area (TPSA) is 57.0 Å². The van der Waals surface area contributed by atoms with E-state index in [1.807, 2.05) is 30.3 Å². The molecular formula is C14H11N3O. The van der Waals surface area contributed by atoms with Gasteiger partial charge in [0.25, 0.3) is 0 Å². The summed E-state index contributed by atoms with van der Waals surface area (Å²) in [5, 5.41) is 10.9. The lowest BCUT2D eigenvalue weighted by Gasteiger charge is -2.17. The summed E-state index contributed by atoms with van der Waals surface area (Å²) in [5.41, 5.74) is 0.350. The maximum absolute atomic E-state index is 11.8. The Morgan fingerprint density at radius 2 is 2.17 bits per heavy atom. The molecule has 0 bridgehead atoms. The van der Waals surface area contributed by atoms with Crippen molar-refractivity contribution in [2.45, 2.75) is 12.8 Å². The first-order chi connectivity index (χ1) is 8.79. The summed E-state index contributed by atoms with van der Waals surface area (Å²) in [7, 11) is 0. The van der Waals surface area contributed by atoms with Gasteiger partial charge in [-0.05, 0) is 17.9 Å². The highest BCUT2D eigenvalue weighted by molar-refractivity contribution is 6.03. The maximum atomic E-state index is 11.8. The fourth-order valence-electron chi connectivity index (χ4n) is 2.32. The number of hydrogen-bond donors (Lipinski definition) is 0. The van der Waals surface area contributed by atoms with E-state index in [0.717, 1.165) is 17.2 Å². The first-order valence-electron chi connectivity index (χ1n) is 5.90. The molecule has 1 aromatic heterocycles. The van der Waals surface area contributed by atoms with Crippen LogP contribution in [0.1, 0.15) is 18.5 Å². The number of fused-ring (bicyclic) bond motifs is 1. The fourth-order valence-corrected chi connectivity index (χ4v) is 2.32. The van der Waals surface area contributed by atoms with Crippen LogP contribution < -0.4 is 4.90 Å². The van der Waals surface area contributed by atoms with E-state index in [2.05, 4.69) is 4.98 Å². The summed E-state index contributed by atoms with van der Waals surface area (Å²) in [6.07, 6.45) is 1.42. The number of rotatable bonds is 1. The highest BCUT2D eigenvalue weighted by Crippen LogP contribution is 2.28. The van der Waals surface area contributed by atoms with Gasteiger partial charge in [0.15, 0.2) is 0 Å². The molecule has 0 atom stereocenters. The number of benzene rings is 1. The molecule has 4 heteroatoms. The number of carbonyl (C=O) groups is 1. The third-order valence-corrected chi connectivity index (χ3v) is 3.16. The lowest BCUT2D eigenvalue weighted by atomic mass is 10.1. The predicted octanol–water partition coefficient (Wildman–Crippen LogP) is 2.23. The molecule has 4 nitrogen and oxygen atoms in total. The minimum atomic E-state index is 0.0859. The monoisotopic (exact) mass is 237 g/mol. The second kappa shape index (κ2) is 4.11. The number of hydrogen-bond acceptors (Lipinski definition) is 3. The molecule has 2 aromatic rings. The number of aromatic nitrogens is 1. The molecule has 0 aliphatic carbocycles. The quantitative estimate of drug-likeness (QED) is 0.764. The molecule has 0 radical (unpaired) electrons. The second-order valence-corrected chi connectivity index (χ2v) is 4.31. The van der Waals surface area contributed by atoms with Gasteiger partial charge in [0.2, 0.25) is 5.91 Å². The SMILES string of the molecule is N#Cc1cc2ccccc2c(N2CCCC2=O)n1. The number of nitriles is 1. The van der Waals surface area contributed by atoms with Gasteiger partial charge >= 0.3 is 0 Å². The first-order valence-corrected chi connectivity index (χ1v) is 5.90. The van der Waals surface area contributed by atoms with Gasteiger partial charge in [0.05, 0.1) is 0 Å². The van der Waals surface area contributed by atoms with Crippen LogP contribution in [0.2, 0.25) is 0 Å². The molecule has 2 heterocycles. The Balaban J connectivity index is 2.26. The van der Waals surface area contributed by atoms with E-state index in [0.29, 0.717) is 24.5 Å². The van der Waals surface area contributed by atoms with Crippen LogP contribution in [0.4, 0.5) is 5.82 Å². The van der Waals surface area contributed by atoms with Gasteiger partial charge in [-0.1, -0.05) is 24.3 Å². The molecule has 3 rings (SSSR count). The summed E-state index contributed by atoms with van der Waals surface area (Å²) in [5.74, 6) is 0.704. The van der Waals surface area contributed by atoms with Gasteiger partial charge in [-0.2, -0.15) is 5.26 Å². The van der Waals surface area contributed by atoms with E-state index in [1.165, 1.54) is 0 Å². The summed E-state index contributed by atoms with van der Waals surface area (Å²) >= 11 is 0. The molecule has 1 aromatic carbocycles. The van der Waals surface area contributed by atoms with Crippen LogP contribution in [0.15, 0.2) is 30.3 Å². The molecule has 88 valence electrons. The van der Waals surface area contributed by atoms with Crippen LogP contribution in [0, 0.1) is 11.3 Å². The minimum Gasteiger partial charge on any atom is -0.296 e. The standard InChI is InChI=1S/C14H11N3O/c15-9-11-8-10-4-1-2-5-12(10)14(16-11)17-7-3-6-13(17)18/h1-2,4-5,8H,3,6-7H2. The second-order valence-electron chi connectivity index (χ2n) is 4.31. The molecule has 0 spiro atoms. The number of amides is 1. The van der Waals surface area contributed by atoms with Crippen LogP contribution in [0.5, 0.6) is 0 Å². The van der Waals surface area contributed by atoms with Gasteiger partial charge in [-0.25, -0.2) is 4.98 Å². The molecular weight excluding hydrogens is 226 g/mol. The molecule has 1 aliphatic rings. The molecule has 1 amide bonds. The number of pyridine rings is 1. The molecule has 1 aliphatic heterocycles. The summed E-state index contributed by atoms with van der Waals surface area (Å²) in [6, 6.07) is 11.5. The third-order valence-electron chi connectivity index (χ3n) is 3.16. The smallest absolute Gasteiger partial charge is 0.228 e. The molecule has 0 unspecified atom stereocenters. The van der Waals surface area contributed by atoms with Crippen LogP contribution in [-0.4, -0.2) is 17.4 Å². The lowest BCUT2D eigenvalue weighted by molar-refractivity contribution is -0.117. The van der Waals surface area contributed by atoms with E-state index in [1.54, 1.807) is 11.0 Å². The van der Waals surface area contributed by atoms with Crippen molar-refractivity contribution in [3.05, 3.63) is 36.0 Å². The Morgan fingerprint density at radius 3 is 2.89 bits per heavy atom. The Hall–Kier alpha value is -2.41. The lowest BCUT2D eigenvalue weighted by Crippen LogP contribution is -2.25. The van der Waals surface area contributed by atoms with E-state index in [4.69, 9.17) is 5.26 Å². The van der Waals surface area contributed by atoms with Crippen LogP contribution in [-0.2, 0) is 4.79 Å². The van der Waals surface area contributed by atoms with Crippen LogP contribution in [0.3, 0.4) is 0 Å². The van der Waals surface area contributed by atoms with Crippen LogP contribution in [0.25, 0.3) is 10.8 Å². The van der Waals surface area contributed by atoms with E-state index >= 15 is 0 Å². The molecule has 1 fully saturated rings. The van der Waals surface area contributed by atoms with E-state index in [9.17, 15) is 4.79 Å². The Bertz CT molecular complexity index is 672. The molecule has 1 saturated heterocycles. The van der Waals surface area contributed by atoms with Gasteiger partial charge in [0, 0.05) is 18.4 Å². The summed E-state index contributed by atoms with van der Waals surface area (Å²) < 4.78 is 0. The molecule has 18 heavy (non-hydrogen) atoms. The zero-order valence-electron chi connectivity index (χ0n) is 9.76. The maximum Gasteiger partial charge on any atom is 0.228 e. The zero-order chi connectivity index (χ0) is 12.5. The Labute approximate surface area is 104 Å². The number of nitrogens with zero attached hydrogens (tertiary/aromatic N) is 3. The van der Waals surface area contributed by atoms with Crippen molar-refractivity contribution in [1.29, 1.82) is 5.26 Å². The van der Waals surface area contributed by atoms with E-state index < -0.39 is 0 Å². The van der Waals surface area contributed by atoms with Gasteiger partial charge in [-0.15, -0.1) is 0 Å². The zero-order valence-corrected chi connectivity index (χ0v) is 9.76. The van der Waals surface area contributed by atoms with Crippen molar-refractivity contribution in [1.82, 2.24) is 4.98 Å². The highest BCUT2D eigenvalue weighted by atomic mass is 16.2. The Morgan fingerprint density at radius 1 is 1.33 bits per heavy atom. The summed E-state index contributed by atoms with van der Waals surface area (Å²) in [4.78, 5) is 17.8. The average Bonchev–Trinajstić information content (AvgIpc) is 2.83. The number of carbonyl (C=O) groups excluding carboxylic acids is 1. The van der Waals surface area contributed by atoms with Crippen molar-refractivity contribution in [2.24, 2.45) is 0 Å². The highest BCUT2D eigenvalue weighted by Gasteiger charge is 2.24. The van der Waals surface area contributed by atoms with Crippen molar-refractivity contribution in [2.75, 3.05) is 11.4 Å². The predicted molar refractivity (Wildman–Crippen MR) is 68.0 cm³/mol. The van der Waals surface area contributed by atoms with E-state index in [-0.39, 0.29) is 5.91 Å². The van der Waals surface area contributed by atoms with Gasteiger partial charge in [0.1, 0.15) is 17.6 Å². The van der Waals surface area contributed by atoms with Crippen molar-refractivity contribution < 1.29 is 4.79 Å².